The van der Waals surface area contributed by atoms with E-state index >= 15 is 0 Å². The van der Waals surface area contributed by atoms with Crippen LogP contribution in [0.15, 0.2) is 0 Å². The average molecular weight is 310 g/mol. The van der Waals surface area contributed by atoms with Gasteiger partial charge in [-0.25, -0.2) is 0 Å². The Hall–Kier alpha value is -1.39. The van der Waals surface area contributed by atoms with Gasteiger partial charge in [-0.15, -0.1) is 0 Å². The fourth-order valence-electron chi connectivity index (χ4n) is 2.81. The summed E-state index contributed by atoms with van der Waals surface area (Å²) >= 11 is 0. The Labute approximate surface area is 133 Å². The molecule has 1 unspecified atom stereocenters. The van der Waals surface area contributed by atoms with Crippen LogP contribution >= 0.6 is 0 Å². The third-order valence-corrected chi connectivity index (χ3v) is 4.26. The SMILES string of the molecule is CN1CC(C(=O)NCCCCCCCCCCC=O)CC1=O. The number of carbonyl (C=O) groups is 3. The van der Waals surface area contributed by atoms with Crippen LogP contribution in [0.2, 0.25) is 0 Å². The van der Waals surface area contributed by atoms with Crippen molar-refractivity contribution < 1.29 is 14.4 Å². The molecule has 5 heteroatoms. The van der Waals surface area contributed by atoms with E-state index in [1.54, 1.807) is 11.9 Å². The highest BCUT2D eigenvalue weighted by Crippen LogP contribution is 2.15. The van der Waals surface area contributed by atoms with E-state index < -0.39 is 0 Å². The maximum Gasteiger partial charge on any atom is 0.225 e. The fourth-order valence-corrected chi connectivity index (χ4v) is 2.81. The van der Waals surface area contributed by atoms with Crippen LogP contribution in [-0.4, -0.2) is 43.1 Å². The molecule has 0 aromatic carbocycles. The number of likely N-dealkylation sites (tertiary alicyclic amines) is 1. The quantitative estimate of drug-likeness (QED) is 0.444. The minimum absolute atomic E-state index is 0.0212. The van der Waals surface area contributed by atoms with Gasteiger partial charge in [-0.2, -0.15) is 0 Å². The minimum atomic E-state index is -0.163. The molecule has 1 heterocycles. The summed E-state index contributed by atoms with van der Waals surface area (Å²) in [6, 6.07) is 0. The third kappa shape index (κ3) is 7.57. The van der Waals surface area contributed by atoms with E-state index in [1.807, 2.05) is 0 Å². The van der Waals surface area contributed by atoms with Gasteiger partial charge in [0.2, 0.25) is 11.8 Å². The van der Waals surface area contributed by atoms with Gasteiger partial charge in [0.15, 0.2) is 0 Å². The van der Waals surface area contributed by atoms with E-state index in [2.05, 4.69) is 5.32 Å². The van der Waals surface area contributed by atoms with Crippen LogP contribution in [0.1, 0.15) is 64.2 Å². The van der Waals surface area contributed by atoms with E-state index in [-0.39, 0.29) is 17.7 Å². The van der Waals surface area contributed by atoms with Gasteiger partial charge in [0.05, 0.1) is 5.92 Å². The van der Waals surface area contributed by atoms with E-state index in [4.69, 9.17) is 0 Å². The first kappa shape index (κ1) is 18.7. The van der Waals surface area contributed by atoms with Gasteiger partial charge in [0.25, 0.3) is 0 Å². The van der Waals surface area contributed by atoms with Crippen molar-refractivity contribution in [1.82, 2.24) is 10.2 Å². The lowest BCUT2D eigenvalue weighted by Crippen LogP contribution is -2.32. The van der Waals surface area contributed by atoms with E-state index in [0.717, 1.165) is 32.0 Å². The summed E-state index contributed by atoms with van der Waals surface area (Å²) in [4.78, 5) is 35.0. The molecule has 1 fully saturated rings. The molecule has 0 bridgehead atoms. The maximum atomic E-state index is 11.9. The molecule has 0 aromatic heterocycles. The zero-order chi connectivity index (χ0) is 16.2. The fraction of sp³-hybridized carbons (Fsp3) is 0.824. The first-order chi connectivity index (χ1) is 10.6. The van der Waals surface area contributed by atoms with Crippen molar-refractivity contribution in [2.24, 2.45) is 5.92 Å². The molecule has 0 aromatic rings. The Kier molecular flexibility index (Phi) is 9.51. The molecule has 0 radical (unpaired) electrons. The molecule has 2 amide bonds. The van der Waals surface area contributed by atoms with Crippen molar-refractivity contribution in [2.45, 2.75) is 64.2 Å². The minimum Gasteiger partial charge on any atom is -0.356 e. The van der Waals surface area contributed by atoms with Gasteiger partial charge < -0.3 is 15.0 Å². The Morgan fingerprint density at radius 1 is 1.14 bits per heavy atom. The standard InChI is InChI=1S/C17H30N2O3/c1-19-14-15(13-16(19)21)17(22)18-11-9-7-5-3-2-4-6-8-10-12-20/h12,15H,2-11,13-14H2,1H3,(H,18,22). The smallest absolute Gasteiger partial charge is 0.225 e. The monoisotopic (exact) mass is 310 g/mol. The summed E-state index contributed by atoms with van der Waals surface area (Å²) in [7, 11) is 1.74. The van der Waals surface area contributed by atoms with Crippen molar-refractivity contribution in [1.29, 1.82) is 0 Å². The lowest BCUT2D eigenvalue weighted by Gasteiger charge is -2.10. The second-order valence-corrected chi connectivity index (χ2v) is 6.25. The molecule has 1 aliphatic heterocycles. The van der Waals surface area contributed by atoms with Crippen LogP contribution in [0.25, 0.3) is 0 Å². The van der Waals surface area contributed by atoms with Crippen LogP contribution < -0.4 is 5.32 Å². The zero-order valence-electron chi connectivity index (χ0n) is 13.8. The third-order valence-electron chi connectivity index (χ3n) is 4.26. The van der Waals surface area contributed by atoms with Crippen LogP contribution in [0.5, 0.6) is 0 Å². The molecule has 1 saturated heterocycles. The molecule has 22 heavy (non-hydrogen) atoms. The summed E-state index contributed by atoms with van der Waals surface area (Å²) < 4.78 is 0. The molecule has 5 nitrogen and oxygen atoms in total. The molecule has 126 valence electrons. The molecule has 0 aliphatic carbocycles. The number of unbranched alkanes of at least 4 members (excludes halogenated alkanes) is 8. The Balaban J connectivity index is 1.88. The normalized spacial score (nSPS) is 17.8. The lowest BCUT2D eigenvalue weighted by molar-refractivity contribution is -0.128. The maximum absolute atomic E-state index is 11.9. The van der Waals surface area contributed by atoms with Crippen LogP contribution in [-0.2, 0) is 14.4 Å². The van der Waals surface area contributed by atoms with Gasteiger partial charge in [0.1, 0.15) is 6.29 Å². The predicted molar refractivity (Wildman–Crippen MR) is 86.4 cm³/mol. The summed E-state index contributed by atoms with van der Waals surface area (Å²) in [5.41, 5.74) is 0. The Bertz CT molecular complexity index is 358. The number of nitrogens with one attached hydrogen (secondary N) is 1. The highest BCUT2D eigenvalue weighted by atomic mass is 16.2. The van der Waals surface area contributed by atoms with E-state index in [9.17, 15) is 14.4 Å². The largest absolute Gasteiger partial charge is 0.356 e. The van der Waals surface area contributed by atoms with Gasteiger partial charge in [-0.05, 0) is 12.8 Å². The number of hydrogen-bond donors (Lipinski definition) is 1. The van der Waals surface area contributed by atoms with Crippen molar-refractivity contribution >= 4 is 18.1 Å². The second kappa shape index (κ2) is 11.2. The summed E-state index contributed by atoms with van der Waals surface area (Å²) in [6.45, 7) is 1.27. The van der Waals surface area contributed by atoms with Gasteiger partial charge in [-0.1, -0.05) is 38.5 Å². The number of aldehydes is 1. The predicted octanol–water partition coefficient (Wildman–Crippen LogP) is 2.29. The number of amides is 2. The Morgan fingerprint density at radius 2 is 1.73 bits per heavy atom. The van der Waals surface area contributed by atoms with Crippen LogP contribution in [0, 0.1) is 5.92 Å². The molecule has 1 atom stereocenters. The molecule has 0 saturated carbocycles. The molecule has 0 spiro atoms. The van der Waals surface area contributed by atoms with Gasteiger partial charge >= 0.3 is 0 Å². The molecule has 1 N–H and O–H groups in total. The molecular formula is C17H30N2O3. The van der Waals surface area contributed by atoms with Crippen molar-refractivity contribution in [3.63, 3.8) is 0 Å². The number of hydrogen-bond acceptors (Lipinski definition) is 3. The van der Waals surface area contributed by atoms with E-state index in [1.165, 1.54) is 25.7 Å². The topological polar surface area (TPSA) is 66.5 Å². The highest BCUT2D eigenvalue weighted by molar-refractivity contribution is 5.89. The van der Waals surface area contributed by atoms with Crippen LogP contribution in [0.4, 0.5) is 0 Å². The second-order valence-electron chi connectivity index (χ2n) is 6.25. The first-order valence-electron chi connectivity index (χ1n) is 8.60. The highest BCUT2D eigenvalue weighted by Gasteiger charge is 2.31. The summed E-state index contributed by atoms with van der Waals surface area (Å²) in [6.07, 6.45) is 11.3. The molecule has 1 rings (SSSR count). The zero-order valence-corrected chi connectivity index (χ0v) is 13.8. The Morgan fingerprint density at radius 3 is 2.27 bits per heavy atom. The van der Waals surface area contributed by atoms with E-state index in [0.29, 0.717) is 25.9 Å². The van der Waals surface area contributed by atoms with Crippen LogP contribution in [0.3, 0.4) is 0 Å². The van der Waals surface area contributed by atoms with Crippen molar-refractivity contribution in [3.05, 3.63) is 0 Å². The number of nitrogens with zero attached hydrogens (tertiary/aromatic N) is 1. The average Bonchev–Trinajstić information content (AvgIpc) is 2.84. The molecule has 1 aliphatic rings. The molecular weight excluding hydrogens is 280 g/mol. The number of carbonyl (C=O) groups excluding carboxylic acids is 3. The first-order valence-corrected chi connectivity index (χ1v) is 8.60. The number of rotatable bonds is 12. The van der Waals surface area contributed by atoms with Gasteiger partial charge in [-0.3, -0.25) is 9.59 Å². The van der Waals surface area contributed by atoms with Gasteiger partial charge in [0, 0.05) is 33.0 Å². The lowest BCUT2D eigenvalue weighted by atomic mass is 10.1. The summed E-state index contributed by atoms with van der Waals surface area (Å²) in [5.74, 6) is -0.0787. The van der Waals surface area contributed by atoms with Crippen molar-refractivity contribution in [3.8, 4) is 0 Å². The van der Waals surface area contributed by atoms with Crippen molar-refractivity contribution in [2.75, 3.05) is 20.1 Å². The summed E-state index contributed by atoms with van der Waals surface area (Å²) in [5, 5.41) is 2.94.